The van der Waals surface area contributed by atoms with Crippen LogP contribution in [0.15, 0.2) is 65.0 Å². The van der Waals surface area contributed by atoms with Crippen molar-refractivity contribution in [2.75, 3.05) is 5.32 Å². The number of hydrogen-bond acceptors (Lipinski definition) is 7. The maximum Gasteiger partial charge on any atom is 0.338 e. The van der Waals surface area contributed by atoms with Gasteiger partial charge in [0, 0.05) is 16.5 Å². The second-order valence-corrected chi connectivity index (χ2v) is 9.34. The molecule has 0 bridgehead atoms. The smallest absolute Gasteiger partial charge is 0.338 e. The number of aromatic nitrogens is 3. The third-order valence-corrected chi connectivity index (χ3v) is 6.44. The second kappa shape index (κ2) is 9.90. The average molecular weight is 499 g/mol. The number of nitrogens with one attached hydrogen (secondary N) is 1. The number of carbonyl (C=O) groups excluding carboxylic acids is 1. The molecule has 8 nitrogen and oxygen atoms in total. The molecule has 2 heterocycles. The summed E-state index contributed by atoms with van der Waals surface area (Å²) in [5.74, 6) is -0.440. The van der Waals surface area contributed by atoms with Crippen molar-refractivity contribution in [3.63, 3.8) is 0 Å². The first kappa shape index (κ1) is 23.8. The number of benzene rings is 2. The number of carboxylic acids is 1. The van der Waals surface area contributed by atoms with E-state index in [0.29, 0.717) is 38.7 Å². The van der Waals surface area contributed by atoms with Crippen molar-refractivity contribution in [2.24, 2.45) is 0 Å². The SMILES string of the molecule is CC1=C(C(=O)OC(C)C)C(c2ccc(C(=O)O)cc2)n2nc(SCc3ccccc3Cl)nc2N1. The van der Waals surface area contributed by atoms with Gasteiger partial charge in [-0.15, -0.1) is 5.10 Å². The first-order valence-electron chi connectivity index (χ1n) is 10.6. The standard InChI is InChI=1S/C24H23ClN4O4S/c1-13(2)33-22(32)19-14(3)26-23-27-24(34-12-17-6-4-5-7-18(17)25)28-29(23)20(19)15-8-10-16(11-9-15)21(30)31/h4-11,13,20H,12H2,1-3H3,(H,30,31)(H,26,27,28). The van der Waals surface area contributed by atoms with Crippen LogP contribution in [0, 0.1) is 0 Å². The molecule has 4 rings (SSSR count). The molecule has 0 saturated heterocycles. The molecule has 176 valence electrons. The Hall–Kier alpha value is -3.30. The average Bonchev–Trinajstić information content (AvgIpc) is 3.19. The lowest BCUT2D eigenvalue weighted by atomic mass is 9.95. The minimum absolute atomic E-state index is 0.152. The van der Waals surface area contributed by atoms with Gasteiger partial charge in [0.15, 0.2) is 0 Å². The molecule has 1 aliphatic rings. The molecule has 1 aromatic heterocycles. The van der Waals surface area contributed by atoms with Crippen molar-refractivity contribution in [2.45, 2.75) is 43.8 Å². The van der Waals surface area contributed by atoms with Crippen LogP contribution < -0.4 is 5.32 Å². The quantitative estimate of drug-likeness (QED) is 0.339. The zero-order valence-corrected chi connectivity index (χ0v) is 20.4. The molecule has 1 atom stereocenters. The number of ether oxygens (including phenoxy) is 1. The minimum Gasteiger partial charge on any atom is -0.478 e. The third-order valence-electron chi connectivity index (χ3n) is 5.18. The lowest BCUT2D eigenvalue weighted by molar-refractivity contribution is -0.143. The van der Waals surface area contributed by atoms with Crippen LogP contribution in [-0.4, -0.2) is 37.9 Å². The summed E-state index contributed by atoms with van der Waals surface area (Å²) in [5.41, 5.74) is 2.79. The molecule has 0 aliphatic carbocycles. The van der Waals surface area contributed by atoms with Crippen LogP contribution in [0.1, 0.15) is 48.3 Å². The van der Waals surface area contributed by atoms with Crippen LogP contribution in [0.5, 0.6) is 0 Å². The van der Waals surface area contributed by atoms with Gasteiger partial charge >= 0.3 is 11.9 Å². The van der Waals surface area contributed by atoms with Gasteiger partial charge in [0.05, 0.1) is 17.2 Å². The minimum atomic E-state index is -1.03. The van der Waals surface area contributed by atoms with Gasteiger partial charge in [0.1, 0.15) is 6.04 Å². The largest absolute Gasteiger partial charge is 0.478 e. The third kappa shape index (κ3) is 4.95. The van der Waals surface area contributed by atoms with E-state index in [0.717, 1.165) is 5.56 Å². The summed E-state index contributed by atoms with van der Waals surface area (Å²) in [6.45, 7) is 5.35. The molecule has 34 heavy (non-hydrogen) atoms. The molecule has 1 aliphatic heterocycles. The lowest BCUT2D eigenvalue weighted by Gasteiger charge is -2.28. The Morgan fingerprint density at radius 3 is 2.56 bits per heavy atom. The van der Waals surface area contributed by atoms with Crippen molar-refractivity contribution < 1.29 is 19.4 Å². The Bertz CT molecular complexity index is 1270. The number of hydrogen-bond donors (Lipinski definition) is 2. The predicted molar refractivity (Wildman–Crippen MR) is 130 cm³/mol. The summed E-state index contributed by atoms with van der Waals surface area (Å²) >= 11 is 7.70. The molecule has 1 unspecified atom stereocenters. The highest BCUT2D eigenvalue weighted by Crippen LogP contribution is 2.37. The highest BCUT2D eigenvalue weighted by atomic mass is 35.5. The number of nitrogens with zero attached hydrogens (tertiary/aromatic N) is 3. The zero-order valence-electron chi connectivity index (χ0n) is 18.8. The van der Waals surface area contributed by atoms with E-state index < -0.39 is 18.0 Å². The molecule has 3 aromatic rings. The van der Waals surface area contributed by atoms with Crippen LogP contribution in [0.3, 0.4) is 0 Å². The van der Waals surface area contributed by atoms with Crippen molar-refractivity contribution in [3.8, 4) is 0 Å². The van der Waals surface area contributed by atoms with E-state index in [9.17, 15) is 14.7 Å². The van der Waals surface area contributed by atoms with Gasteiger partial charge in [-0.25, -0.2) is 14.3 Å². The van der Waals surface area contributed by atoms with Gasteiger partial charge in [0.25, 0.3) is 0 Å². The van der Waals surface area contributed by atoms with Crippen LogP contribution >= 0.6 is 23.4 Å². The Labute approximate surface area is 206 Å². The van der Waals surface area contributed by atoms with E-state index in [1.807, 2.05) is 24.3 Å². The van der Waals surface area contributed by atoms with Crippen LogP contribution in [0.2, 0.25) is 5.02 Å². The Kier molecular flexibility index (Phi) is 6.95. The number of halogens is 1. The fourth-order valence-corrected chi connectivity index (χ4v) is 4.72. The molecule has 0 saturated carbocycles. The summed E-state index contributed by atoms with van der Waals surface area (Å²) in [5, 5.41) is 18.3. The van der Waals surface area contributed by atoms with E-state index in [2.05, 4.69) is 15.4 Å². The maximum absolute atomic E-state index is 13.0. The first-order valence-corrected chi connectivity index (χ1v) is 12.0. The van der Waals surface area contributed by atoms with E-state index in [1.165, 1.54) is 23.9 Å². The topological polar surface area (TPSA) is 106 Å². The summed E-state index contributed by atoms with van der Waals surface area (Å²) in [4.78, 5) is 29.0. The number of esters is 1. The van der Waals surface area contributed by atoms with Gasteiger partial charge < -0.3 is 15.2 Å². The van der Waals surface area contributed by atoms with Crippen molar-refractivity contribution in [3.05, 3.63) is 81.5 Å². The van der Waals surface area contributed by atoms with E-state index in [-0.39, 0.29) is 11.7 Å². The van der Waals surface area contributed by atoms with Crippen molar-refractivity contribution >= 4 is 41.2 Å². The monoisotopic (exact) mass is 498 g/mol. The van der Waals surface area contributed by atoms with Gasteiger partial charge in [-0.2, -0.15) is 4.98 Å². The fourth-order valence-electron chi connectivity index (χ4n) is 3.61. The normalized spacial score (nSPS) is 15.1. The summed E-state index contributed by atoms with van der Waals surface area (Å²) < 4.78 is 7.14. The molecular formula is C24H23ClN4O4S. The van der Waals surface area contributed by atoms with Gasteiger partial charge in [-0.05, 0) is 50.1 Å². The zero-order chi connectivity index (χ0) is 24.4. The Morgan fingerprint density at radius 2 is 1.91 bits per heavy atom. The van der Waals surface area contributed by atoms with Crippen molar-refractivity contribution in [1.82, 2.24) is 14.8 Å². The number of rotatable bonds is 7. The first-order chi connectivity index (χ1) is 16.2. The van der Waals surface area contributed by atoms with Crippen LogP contribution in [0.25, 0.3) is 0 Å². The van der Waals surface area contributed by atoms with Gasteiger partial charge in [-0.3, -0.25) is 0 Å². The van der Waals surface area contributed by atoms with Crippen molar-refractivity contribution in [1.29, 1.82) is 0 Å². The van der Waals surface area contributed by atoms with Gasteiger partial charge in [-0.1, -0.05) is 53.7 Å². The molecule has 2 aromatic carbocycles. The van der Waals surface area contributed by atoms with Crippen LogP contribution in [-0.2, 0) is 15.3 Å². The number of thioether (sulfide) groups is 1. The highest BCUT2D eigenvalue weighted by molar-refractivity contribution is 7.98. The number of allylic oxidation sites excluding steroid dienone is 1. The molecular weight excluding hydrogens is 476 g/mol. The summed E-state index contributed by atoms with van der Waals surface area (Å²) in [7, 11) is 0. The van der Waals surface area contributed by atoms with Gasteiger partial charge in [0.2, 0.25) is 11.1 Å². The van der Waals surface area contributed by atoms with E-state index >= 15 is 0 Å². The molecule has 0 spiro atoms. The number of fused-ring (bicyclic) bond motifs is 1. The number of anilines is 1. The molecule has 2 N–H and O–H groups in total. The summed E-state index contributed by atoms with van der Waals surface area (Å²) in [6, 6.07) is 13.3. The Balaban J connectivity index is 1.71. The molecule has 0 amide bonds. The number of aromatic carboxylic acids is 1. The fraction of sp³-hybridized carbons (Fsp3) is 0.250. The lowest BCUT2D eigenvalue weighted by Crippen LogP contribution is -2.30. The van der Waals surface area contributed by atoms with Crippen LogP contribution in [0.4, 0.5) is 5.95 Å². The molecule has 0 radical (unpaired) electrons. The molecule has 0 fully saturated rings. The van der Waals surface area contributed by atoms with E-state index in [4.69, 9.17) is 16.3 Å². The number of carbonyl (C=O) groups is 2. The predicted octanol–water partition coefficient (Wildman–Crippen LogP) is 5.16. The Morgan fingerprint density at radius 1 is 1.21 bits per heavy atom. The second-order valence-electron chi connectivity index (χ2n) is 7.99. The highest BCUT2D eigenvalue weighted by Gasteiger charge is 2.35. The molecule has 10 heteroatoms. The number of carboxylic acid groups (broad SMARTS) is 1. The summed E-state index contributed by atoms with van der Waals surface area (Å²) in [6.07, 6.45) is -0.304. The van der Waals surface area contributed by atoms with E-state index in [1.54, 1.807) is 37.6 Å². The maximum atomic E-state index is 13.0.